The molecule has 5 rings (SSSR count). The van der Waals surface area contributed by atoms with Gasteiger partial charge >= 0.3 is 12.4 Å². The van der Waals surface area contributed by atoms with E-state index in [1.807, 2.05) is 30.3 Å². The van der Waals surface area contributed by atoms with Gasteiger partial charge in [-0.05, 0) is 86.9 Å². The fraction of sp³-hybridized carbons (Fsp3) is 0.600. The molecule has 0 bridgehead atoms. The van der Waals surface area contributed by atoms with E-state index in [1.54, 1.807) is 0 Å². The van der Waals surface area contributed by atoms with Crippen LogP contribution in [0, 0.1) is 5.41 Å². The van der Waals surface area contributed by atoms with Crippen molar-refractivity contribution in [2.24, 2.45) is 5.41 Å². The quantitative estimate of drug-likeness (QED) is 0.334. The average molecular weight is 572 g/mol. The molecule has 0 aliphatic carbocycles. The smallest absolute Gasteiger partial charge is 0.381 e. The highest BCUT2D eigenvalue weighted by Gasteiger charge is 2.49. The Bertz CT molecular complexity index is 1110. The molecule has 3 fully saturated rings. The number of hydrogen-bond acceptors (Lipinski definition) is 4. The predicted octanol–water partition coefficient (Wildman–Crippen LogP) is 7.59. The summed E-state index contributed by atoms with van der Waals surface area (Å²) < 4.78 is 100. The van der Waals surface area contributed by atoms with Gasteiger partial charge in [-0.25, -0.2) is 0 Å². The zero-order valence-electron chi connectivity index (χ0n) is 22.5. The van der Waals surface area contributed by atoms with Crippen LogP contribution in [0.2, 0.25) is 0 Å². The molecule has 3 aliphatic rings. The fourth-order valence-electron chi connectivity index (χ4n) is 6.39. The molecule has 0 aromatic heterocycles. The molecule has 10 heteroatoms. The molecule has 2 unspecified atom stereocenters. The fourth-order valence-corrected chi connectivity index (χ4v) is 6.39. The van der Waals surface area contributed by atoms with Crippen LogP contribution in [0.3, 0.4) is 0 Å². The van der Waals surface area contributed by atoms with Gasteiger partial charge < -0.3 is 14.2 Å². The van der Waals surface area contributed by atoms with Gasteiger partial charge in [0.2, 0.25) is 0 Å². The number of nitrogens with zero attached hydrogens (tertiary/aromatic N) is 1. The molecule has 0 saturated carbocycles. The van der Waals surface area contributed by atoms with Crippen molar-refractivity contribution < 1.29 is 40.6 Å². The summed E-state index contributed by atoms with van der Waals surface area (Å²) in [6.07, 6.45) is -6.54. The topological polar surface area (TPSA) is 30.9 Å². The minimum absolute atomic E-state index is 0.145. The first kappa shape index (κ1) is 29.4. The maximum atomic E-state index is 13.6. The summed E-state index contributed by atoms with van der Waals surface area (Å²) >= 11 is 0. The lowest BCUT2D eigenvalue weighted by molar-refractivity contribution is -0.293. The minimum Gasteiger partial charge on any atom is -0.381 e. The molecule has 3 heterocycles. The molecule has 220 valence electrons. The summed E-state index contributed by atoms with van der Waals surface area (Å²) in [5.41, 5.74) is -1.76. The lowest BCUT2D eigenvalue weighted by atomic mass is 9.77. The Morgan fingerprint density at radius 2 is 1.57 bits per heavy atom. The molecule has 4 nitrogen and oxygen atoms in total. The van der Waals surface area contributed by atoms with Crippen LogP contribution in [0.25, 0.3) is 0 Å². The first-order valence-electron chi connectivity index (χ1n) is 13.9. The first-order chi connectivity index (χ1) is 18.9. The SMILES string of the molecule is C[C@@H](OC1(CN2CCC3(CCOC3)CC2)OCCCC1c1ccccc1)c1cc(C(F)(F)F)cc(C(F)(F)F)c1. The van der Waals surface area contributed by atoms with E-state index in [1.165, 1.54) is 6.92 Å². The summed E-state index contributed by atoms with van der Waals surface area (Å²) in [6.45, 7) is 5.33. The maximum Gasteiger partial charge on any atom is 0.416 e. The molecule has 2 aromatic carbocycles. The van der Waals surface area contributed by atoms with Crippen LogP contribution < -0.4 is 0 Å². The van der Waals surface area contributed by atoms with Crippen LogP contribution >= 0.6 is 0 Å². The van der Waals surface area contributed by atoms with Gasteiger partial charge in [0.1, 0.15) is 0 Å². The van der Waals surface area contributed by atoms with E-state index < -0.39 is 35.4 Å². The van der Waals surface area contributed by atoms with Crippen LogP contribution in [-0.4, -0.2) is 50.1 Å². The maximum absolute atomic E-state index is 13.6. The second-order valence-corrected chi connectivity index (χ2v) is 11.4. The normalized spacial score (nSPS) is 26.7. The predicted molar refractivity (Wildman–Crippen MR) is 137 cm³/mol. The summed E-state index contributed by atoms with van der Waals surface area (Å²) in [5, 5.41) is 0. The summed E-state index contributed by atoms with van der Waals surface area (Å²) in [6, 6.07) is 11.3. The molecule has 1 spiro atoms. The third kappa shape index (κ3) is 6.35. The van der Waals surface area contributed by atoms with Crippen LogP contribution in [0.15, 0.2) is 48.5 Å². The van der Waals surface area contributed by atoms with Gasteiger partial charge in [-0.3, -0.25) is 4.90 Å². The molecule has 2 aromatic rings. The van der Waals surface area contributed by atoms with Crippen molar-refractivity contribution in [3.8, 4) is 0 Å². The highest BCUT2D eigenvalue weighted by Crippen LogP contribution is 2.46. The van der Waals surface area contributed by atoms with Crippen LogP contribution in [0.5, 0.6) is 0 Å². The molecule has 0 amide bonds. The summed E-state index contributed by atoms with van der Waals surface area (Å²) in [7, 11) is 0. The van der Waals surface area contributed by atoms with Crippen molar-refractivity contribution >= 4 is 0 Å². The number of alkyl halides is 6. The average Bonchev–Trinajstić information content (AvgIpc) is 3.37. The standard InChI is InChI=1S/C30H35F6NO3/c1-21(23-16-24(29(31,32)33)18-25(17-23)30(34,35)36)40-28(19-37-12-9-27(10-13-37)11-15-38-20-27)26(8-5-14-39-28)22-6-3-2-4-7-22/h2-4,6-7,16-18,21,26H,5,8-15,19-20H2,1H3/t21-,26?,28?/m1/s1. The lowest BCUT2D eigenvalue weighted by Gasteiger charge is -2.49. The Labute approximate surface area is 230 Å². The number of hydrogen-bond donors (Lipinski definition) is 0. The highest BCUT2D eigenvalue weighted by atomic mass is 19.4. The number of halogens is 6. The van der Waals surface area contributed by atoms with Crippen molar-refractivity contribution in [3.63, 3.8) is 0 Å². The van der Waals surface area contributed by atoms with E-state index in [-0.39, 0.29) is 23.0 Å². The van der Waals surface area contributed by atoms with E-state index in [0.29, 0.717) is 13.2 Å². The molecule has 0 radical (unpaired) electrons. The molecular formula is C30H35F6NO3. The molecule has 40 heavy (non-hydrogen) atoms. The van der Waals surface area contributed by atoms with E-state index in [4.69, 9.17) is 14.2 Å². The van der Waals surface area contributed by atoms with E-state index in [2.05, 4.69) is 4.90 Å². The van der Waals surface area contributed by atoms with E-state index >= 15 is 0 Å². The van der Waals surface area contributed by atoms with Crippen molar-refractivity contribution in [2.45, 2.75) is 69.2 Å². The second-order valence-electron chi connectivity index (χ2n) is 11.4. The largest absolute Gasteiger partial charge is 0.416 e. The Morgan fingerprint density at radius 3 is 2.15 bits per heavy atom. The number of likely N-dealkylation sites (tertiary alicyclic amines) is 1. The number of piperidine rings is 1. The van der Waals surface area contributed by atoms with Crippen molar-refractivity contribution in [3.05, 3.63) is 70.8 Å². The Hall–Kier alpha value is -2.14. The summed E-state index contributed by atoms with van der Waals surface area (Å²) in [5.74, 6) is -1.49. The Morgan fingerprint density at radius 1 is 0.925 bits per heavy atom. The van der Waals surface area contributed by atoms with Crippen molar-refractivity contribution in [1.29, 1.82) is 0 Å². The summed E-state index contributed by atoms with van der Waals surface area (Å²) in [4.78, 5) is 2.25. The number of ether oxygens (including phenoxy) is 3. The zero-order valence-corrected chi connectivity index (χ0v) is 22.5. The van der Waals surface area contributed by atoms with Gasteiger partial charge in [0.15, 0.2) is 5.79 Å². The van der Waals surface area contributed by atoms with Gasteiger partial charge in [-0.15, -0.1) is 0 Å². The minimum atomic E-state index is -4.94. The van der Waals surface area contributed by atoms with Crippen molar-refractivity contribution in [1.82, 2.24) is 4.90 Å². The zero-order chi connectivity index (χ0) is 28.6. The van der Waals surface area contributed by atoms with Gasteiger partial charge in [0.25, 0.3) is 0 Å². The number of benzene rings is 2. The van der Waals surface area contributed by atoms with Crippen LogP contribution in [-0.2, 0) is 26.6 Å². The Kier molecular flexibility index (Phi) is 8.27. The second kappa shape index (κ2) is 11.3. The van der Waals surface area contributed by atoms with Gasteiger partial charge in [-0.1, -0.05) is 30.3 Å². The molecule has 0 N–H and O–H groups in total. The lowest BCUT2D eigenvalue weighted by Crippen LogP contribution is -2.56. The third-order valence-electron chi connectivity index (χ3n) is 8.72. The van der Waals surface area contributed by atoms with Gasteiger partial charge in [0, 0.05) is 12.5 Å². The van der Waals surface area contributed by atoms with Gasteiger partial charge in [0.05, 0.1) is 37.0 Å². The van der Waals surface area contributed by atoms with Crippen LogP contribution in [0.4, 0.5) is 26.3 Å². The van der Waals surface area contributed by atoms with E-state index in [9.17, 15) is 26.3 Å². The van der Waals surface area contributed by atoms with Gasteiger partial charge in [-0.2, -0.15) is 26.3 Å². The van der Waals surface area contributed by atoms with Crippen LogP contribution in [0.1, 0.15) is 73.3 Å². The highest BCUT2D eigenvalue weighted by molar-refractivity contribution is 5.35. The number of rotatable bonds is 6. The Balaban J connectivity index is 1.47. The molecular weight excluding hydrogens is 536 g/mol. The molecule has 3 saturated heterocycles. The molecule has 3 aliphatic heterocycles. The molecule has 3 atom stereocenters. The third-order valence-corrected chi connectivity index (χ3v) is 8.72. The van der Waals surface area contributed by atoms with E-state index in [0.717, 1.165) is 76.1 Å². The first-order valence-corrected chi connectivity index (χ1v) is 13.9. The monoisotopic (exact) mass is 571 g/mol. The van der Waals surface area contributed by atoms with Crippen molar-refractivity contribution in [2.75, 3.05) is 39.5 Å².